The van der Waals surface area contributed by atoms with Crippen molar-refractivity contribution in [1.29, 1.82) is 0 Å². The molecule has 1 fully saturated rings. The molecule has 0 N–H and O–H groups in total. The summed E-state index contributed by atoms with van der Waals surface area (Å²) in [5, 5.41) is 0. The van der Waals surface area contributed by atoms with Crippen LogP contribution in [0.2, 0.25) is 0 Å². The largest absolute Gasteiger partial charge is 0.140 e. The predicted molar refractivity (Wildman–Crippen MR) is 48.1 cm³/mol. The number of hydrogen-bond donors (Lipinski definition) is 0. The highest BCUT2D eigenvalue weighted by Gasteiger charge is 2.23. The highest BCUT2D eigenvalue weighted by molar-refractivity contribution is 8.19. The fourth-order valence-electron chi connectivity index (χ4n) is 0.768. The van der Waals surface area contributed by atoms with E-state index in [0.29, 0.717) is 4.08 Å². The Morgan fingerprint density at radius 3 is 2.33 bits per heavy atom. The average Bonchev–Trinajstić information content (AvgIpc) is 1.90. The van der Waals surface area contributed by atoms with Gasteiger partial charge in [0.1, 0.15) is 0 Å². The minimum absolute atomic E-state index is 0.318. The molecule has 0 amide bonds. The number of hydrogen-bond acceptors (Lipinski definition) is 2. The first-order chi connectivity index (χ1) is 4.27. The summed E-state index contributed by atoms with van der Waals surface area (Å²) in [4.78, 5) is 0. The Morgan fingerprint density at radius 2 is 2.00 bits per heavy atom. The average molecular weight is 160 g/mol. The van der Waals surface area contributed by atoms with E-state index >= 15 is 0 Å². The maximum atomic E-state index is 3.81. The Hall–Kier alpha value is 0.440. The van der Waals surface area contributed by atoms with Crippen LogP contribution in [0.15, 0.2) is 12.7 Å². The molecule has 0 aromatic rings. The summed E-state index contributed by atoms with van der Waals surface area (Å²) in [5.41, 5.74) is 0. The van der Waals surface area contributed by atoms with Gasteiger partial charge in [-0.3, -0.25) is 0 Å². The van der Waals surface area contributed by atoms with Crippen molar-refractivity contribution in [3.8, 4) is 0 Å². The van der Waals surface area contributed by atoms with Crippen LogP contribution in [0.4, 0.5) is 0 Å². The lowest BCUT2D eigenvalue weighted by molar-refractivity contribution is 1.05. The molecule has 1 aliphatic rings. The van der Waals surface area contributed by atoms with Crippen LogP contribution < -0.4 is 0 Å². The first-order valence-corrected chi connectivity index (χ1v) is 5.15. The minimum Gasteiger partial charge on any atom is -0.140 e. The van der Waals surface area contributed by atoms with E-state index in [1.54, 1.807) is 0 Å². The van der Waals surface area contributed by atoms with Crippen LogP contribution in [0.1, 0.15) is 13.3 Å². The van der Waals surface area contributed by atoms with Gasteiger partial charge in [-0.1, -0.05) is 6.08 Å². The molecular formula is C7H12S2. The van der Waals surface area contributed by atoms with Crippen LogP contribution in [0.3, 0.4) is 0 Å². The number of thioether (sulfide) groups is 2. The Kier molecular flexibility index (Phi) is 2.53. The second kappa shape index (κ2) is 3.02. The molecule has 0 bridgehead atoms. The van der Waals surface area contributed by atoms with E-state index in [-0.39, 0.29) is 0 Å². The van der Waals surface area contributed by atoms with Crippen LogP contribution in [0.5, 0.6) is 0 Å². The van der Waals surface area contributed by atoms with E-state index in [1.165, 1.54) is 17.9 Å². The maximum Gasteiger partial charge on any atom is 0.0760 e. The Bertz CT molecular complexity index is 103. The van der Waals surface area contributed by atoms with Crippen LogP contribution >= 0.6 is 23.5 Å². The number of rotatable bonds is 1. The second-order valence-corrected chi connectivity index (χ2v) is 5.62. The second-order valence-electron chi connectivity index (χ2n) is 2.27. The van der Waals surface area contributed by atoms with Crippen molar-refractivity contribution < 1.29 is 0 Å². The molecule has 1 saturated heterocycles. The summed E-state index contributed by atoms with van der Waals surface area (Å²) in [6.07, 6.45) is 3.42. The lowest BCUT2D eigenvalue weighted by Gasteiger charge is -2.28. The third kappa shape index (κ3) is 1.94. The van der Waals surface area contributed by atoms with Crippen molar-refractivity contribution in [2.24, 2.45) is 0 Å². The summed E-state index contributed by atoms with van der Waals surface area (Å²) in [6.45, 7) is 6.06. The van der Waals surface area contributed by atoms with Crippen molar-refractivity contribution in [3.05, 3.63) is 12.7 Å². The van der Waals surface area contributed by atoms with E-state index in [1.807, 2.05) is 23.5 Å². The minimum atomic E-state index is 0.318. The molecule has 0 radical (unpaired) electrons. The molecule has 0 spiro atoms. The molecule has 52 valence electrons. The molecule has 1 aliphatic heterocycles. The standard InChI is InChI=1S/C7H12S2/c1-3-7(2)8-5-4-6-9-7/h3H,1,4-6H2,2H3. The molecule has 0 atom stereocenters. The SMILES string of the molecule is C=CC1(C)SCCCS1. The van der Waals surface area contributed by atoms with Gasteiger partial charge in [0.05, 0.1) is 4.08 Å². The smallest absolute Gasteiger partial charge is 0.0760 e. The van der Waals surface area contributed by atoms with Gasteiger partial charge in [0.2, 0.25) is 0 Å². The molecule has 1 heterocycles. The third-order valence-corrected chi connectivity index (χ3v) is 4.61. The van der Waals surface area contributed by atoms with Crippen LogP contribution in [0, 0.1) is 0 Å². The van der Waals surface area contributed by atoms with Gasteiger partial charge < -0.3 is 0 Å². The van der Waals surface area contributed by atoms with Gasteiger partial charge >= 0.3 is 0 Å². The van der Waals surface area contributed by atoms with E-state index < -0.39 is 0 Å². The van der Waals surface area contributed by atoms with Gasteiger partial charge in [-0.2, -0.15) is 0 Å². The highest BCUT2D eigenvalue weighted by Crippen LogP contribution is 2.42. The fraction of sp³-hybridized carbons (Fsp3) is 0.714. The van der Waals surface area contributed by atoms with Gasteiger partial charge in [0, 0.05) is 0 Å². The van der Waals surface area contributed by atoms with E-state index in [2.05, 4.69) is 19.6 Å². The molecular weight excluding hydrogens is 148 g/mol. The normalized spacial score (nSPS) is 25.4. The van der Waals surface area contributed by atoms with Crippen molar-refractivity contribution in [3.63, 3.8) is 0 Å². The zero-order valence-electron chi connectivity index (χ0n) is 5.72. The Labute approximate surface area is 65.5 Å². The summed E-state index contributed by atoms with van der Waals surface area (Å²) in [6, 6.07) is 0. The van der Waals surface area contributed by atoms with Gasteiger partial charge in [-0.25, -0.2) is 0 Å². The van der Waals surface area contributed by atoms with Crippen molar-refractivity contribution in [2.45, 2.75) is 17.4 Å². The topological polar surface area (TPSA) is 0 Å². The predicted octanol–water partition coefficient (Wildman–Crippen LogP) is 2.76. The van der Waals surface area contributed by atoms with E-state index in [4.69, 9.17) is 0 Å². The molecule has 2 heteroatoms. The van der Waals surface area contributed by atoms with Crippen LogP contribution in [0.25, 0.3) is 0 Å². The Morgan fingerprint density at radius 1 is 1.44 bits per heavy atom. The molecule has 1 rings (SSSR count). The molecule has 0 aromatic heterocycles. The summed E-state index contributed by atoms with van der Waals surface area (Å²) in [5.74, 6) is 2.60. The molecule has 0 nitrogen and oxygen atoms in total. The zero-order valence-corrected chi connectivity index (χ0v) is 7.36. The lowest BCUT2D eigenvalue weighted by atomic mass is 10.5. The van der Waals surface area contributed by atoms with Crippen LogP contribution in [-0.2, 0) is 0 Å². The monoisotopic (exact) mass is 160 g/mol. The fourth-order valence-corrected chi connectivity index (χ4v) is 3.41. The lowest BCUT2D eigenvalue weighted by Crippen LogP contribution is -2.16. The van der Waals surface area contributed by atoms with Gasteiger partial charge in [-0.15, -0.1) is 30.1 Å². The summed E-state index contributed by atoms with van der Waals surface area (Å²) >= 11 is 4.02. The quantitative estimate of drug-likeness (QED) is 0.541. The Balaban J connectivity index is 2.46. The van der Waals surface area contributed by atoms with Crippen LogP contribution in [-0.4, -0.2) is 15.6 Å². The maximum absolute atomic E-state index is 3.81. The zero-order chi connectivity index (χ0) is 6.74. The third-order valence-electron chi connectivity index (χ3n) is 1.44. The summed E-state index contributed by atoms with van der Waals surface area (Å²) in [7, 11) is 0. The van der Waals surface area contributed by atoms with Crippen molar-refractivity contribution in [1.82, 2.24) is 0 Å². The molecule has 0 aromatic carbocycles. The first-order valence-electron chi connectivity index (χ1n) is 3.18. The summed E-state index contributed by atoms with van der Waals surface area (Å²) < 4.78 is 0.318. The molecule has 0 aliphatic carbocycles. The van der Waals surface area contributed by atoms with Gasteiger partial charge in [0.15, 0.2) is 0 Å². The van der Waals surface area contributed by atoms with E-state index in [9.17, 15) is 0 Å². The van der Waals surface area contributed by atoms with Gasteiger partial charge in [-0.05, 0) is 24.9 Å². The highest BCUT2D eigenvalue weighted by atomic mass is 32.2. The van der Waals surface area contributed by atoms with E-state index in [0.717, 1.165) is 0 Å². The molecule has 0 saturated carbocycles. The first kappa shape index (κ1) is 7.55. The van der Waals surface area contributed by atoms with Gasteiger partial charge in [0.25, 0.3) is 0 Å². The van der Waals surface area contributed by atoms with Crippen molar-refractivity contribution in [2.75, 3.05) is 11.5 Å². The molecule has 0 unspecified atom stereocenters. The molecule has 9 heavy (non-hydrogen) atoms. The van der Waals surface area contributed by atoms with Crippen molar-refractivity contribution >= 4 is 23.5 Å².